The maximum atomic E-state index is 12.0. The van der Waals surface area contributed by atoms with Crippen LogP contribution in [0, 0.1) is 0 Å². The van der Waals surface area contributed by atoms with Crippen LogP contribution in [-0.4, -0.2) is 40.3 Å². The molecular weight excluding hydrogens is 274 g/mol. The van der Waals surface area contributed by atoms with Crippen molar-refractivity contribution < 1.29 is 9.53 Å². The molecular formula is C14H23N3O2S. The quantitative estimate of drug-likeness (QED) is 0.799. The first-order valence-corrected chi connectivity index (χ1v) is 7.85. The van der Waals surface area contributed by atoms with Gasteiger partial charge in [-0.1, -0.05) is 0 Å². The van der Waals surface area contributed by atoms with Crippen molar-refractivity contribution in [1.82, 2.24) is 9.47 Å². The molecule has 0 aromatic carbocycles. The monoisotopic (exact) mass is 297 g/mol. The fraction of sp³-hybridized carbons (Fsp3) is 0.714. The zero-order chi connectivity index (χ0) is 14.8. The van der Waals surface area contributed by atoms with Gasteiger partial charge in [-0.15, -0.1) is 11.3 Å². The Bertz CT molecular complexity index is 519. The van der Waals surface area contributed by atoms with Gasteiger partial charge >= 0.3 is 6.09 Å². The molecule has 2 rings (SSSR count). The van der Waals surface area contributed by atoms with Crippen LogP contribution in [-0.2, 0) is 11.8 Å². The fourth-order valence-corrected chi connectivity index (χ4v) is 2.91. The minimum atomic E-state index is -0.428. The number of likely N-dealkylation sites (tertiary alicyclic amines) is 1. The van der Waals surface area contributed by atoms with Gasteiger partial charge in [0.2, 0.25) is 0 Å². The number of piperidine rings is 1. The van der Waals surface area contributed by atoms with E-state index in [0.29, 0.717) is 6.04 Å². The highest BCUT2D eigenvalue weighted by Crippen LogP contribution is 2.17. The zero-order valence-corrected chi connectivity index (χ0v) is 13.4. The molecule has 0 unspecified atom stereocenters. The summed E-state index contributed by atoms with van der Waals surface area (Å²) in [4.78, 5) is 19.5. The highest BCUT2D eigenvalue weighted by Gasteiger charge is 2.26. The van der Waals surface area contributed by atoms with Gasteiger partial charge in [0.05, 0.1) is 6.04 Å². The van der Waals surface area contributed by atoms with Crippen molar-refractivity contribution in [3.8, 4) is 0 Å². The molecule has 0 atom stereocenters. The van der Waals surface area contributed by atoms with Crippen molar-refractivity contribution in [3.05, 3.63) is 16.4 Å². The summed E-state index contributed by atoms with van der Waals surface area (Å²) in [6.07, 6.45) is 3.60. The van der Waals surface area contributed by atoms with Crippen molar-refractivity contribution in [1.29, 1.82) is 0 Å². The molecule has 5 nitrogen and oxygen atoms in total. The molecule has 6 heteroatoms. The van der Waals surface area contributed by atoms with Gasteiger partial charge in [-0.25, -0.2) is 4.79 Å². The van der Waals surface area contributed by atoms with Crippen LogP contribution in [0.25, 0.3) is 0 Å². The first kappa shape index (κ1) is 15.1. The SMILES string of the molecule is Cn1ccs/c1=N\C1CCN(C(=O)OC(C)(C)C)CC1. The summed E-state index contributed by atoms with van der Waals surface area (Å²) in [7, 11) is 2.01. The molecule has 1 fully saturated rings. The summed E-state index contributed by atoms with van der Waals surface area (Å²) in [6.45, 7) is 7.12. The predicted octanol–water partition coefficient (Wildman–Crippen LogP) is 2.39. The molecule has 0 aliphatic carbocycles. The third-order valence-electron chi connectivity index (χ3n) is 3.17. The molecule has 1 aromatic rings. The van der Waals surface area contributed by atoms with Gasteiger partial charge in [0.25, 0.3) is 0 Å². The van der Waals surface area contributed by atoms with E-state index >= 15 is 0 Å². The third-order valence-corrected chi connectivity index (χ3v) is 4.03. The molecule has 0 N–H and O–H groups in total. The van der Waals surface area contributed by atoms with E-state index in [1.807, 2.05) is 44.0 Å². The number of thiazole rings is 1. The van der Waals surface area contributed by atoms with E-state index in [2.05, 4.69) is 0 Å². The summed E-state index contributed by atoms with van der Waals surface area (Å²) in [5.41, 5.74) is -0.428. The first-order chi connectivity index (χ1) is 9.35. The van der Waals surface area contributed by atoms with Gasteiger partial charge in [0.15, 0.2) is 4.80 Å². The zero-order valence-electron chi connectivity index (χ0n) is 12.6. The summed E-state index contributed by atoms with van der Waals surface area (Å²) < 4.78 is 7.42. The predicted molar refractivity (Wildman–Crippen MR) is 79.7 cm³/mol. The van der Waals surface area contributed by atoms with Crippen LogP contribution in [0.3, 0.4) is 0 Å². The third kappa shape index (κ3) is 4.10. The number of hydrogen-bond donors (Lipinski definition) is 0. The molecule has 20 heavy (non-hydrogen) atoms. The highest BCUT2D eigenvalue weighted by molar-refractivity contribution is 7.07. The number of carbonyl (C=O) groups is 1. The lowest BCUT2D eigenvalue weighted by Gasteiger charge is -2.32. The standard InChI is InChI=1S/C14H23N3O2S/c1-14(2,3)19-13(18)17-7-5-11(6-8-17)15-12-16(4)9-10-20-12/h9-11H,5-8H2,1-4H3/b15-12-. The summed E-state index contributed by atoms with van der Waals surface area (Å²) in [5.74, 6) is 0. The number of rotatable bonds is 1. The minimum Gasteiger partial charge on any atom is -0.444 e. The number of ether oxygens (including phenoxy) is 1. The van der Waals surface area contributed by atoms with E-state index in [-0.39, 0.29) is 6.09 Å². The lowest BCUT2D eigenvalue weighted by atomic mass is 10.1. The average Bonchev–Trinajstić information content (AvgIpc) is 2.74. The van der Waals surface area contributed by atoms with Crippen LogP contribution in [0.5, 0.6) is 0 Å². The van der Waals surface area contributed by atoms with Gasteiger partial charge < -0.3 is 14.2 Å². The van der Waals surface area contributed by atoms with Gasteiger partial charge in [0, 0.05) is 31.7 Å². The maximum absolute atomic E-state index is 12.0. The Labute approximate surface area is 123 Å². The van der Waals surface area contributed by atoms with E-state index in [0.717, 1.165) is 30.7 Å². The second kappa shape index (κ2) is 5.99. The Morgan fingerprint density at radius 1 is 1.40 bits per heavy atom. The van der Waals surface area contributed by atoms with E-state index in [4.69, 9.17) is 9.73 Å². The Morgan fingerprint density at radius 2 is 2.05 bits per heavy atom. The number of amides is 1. The van der Waals surface area contributed by atoms with Crippen molar-refractivity contribution in [3.63, 3.8) is 0 Å². The average molecular weight is 297 g/mol. The number of aryl methyl sites for hydroxylation is 1. The Morgan fingerprint density at radius 3 is 2.55 bits per heavy atom. The molecule has 1 amide bonds. The Balaban J connectivity index is 1.90. The highest BCUT2D eigenvalue weighted by atomic mass is 32.1. The van der Waals surface area contributed by atoms with Crippen LogP contribution < -0.4 is 4.80 Å². The van der Waals surface area contributed by atoms with Crippen molar-refractivity contribution in [2.45, 2.75) is 45.3 Å². The topological polar surface area (TPSA) is 46.8 Å². The van der Waals surface area contributed by atoms with Gasteiger partial charge in [0.1, 0.15) is 5.60 Å². The van der Waals surface area contributed by atoms with Crippen molar-refractivity contribution >= 4 is 17.4 Å². The largest absolute Gasteiger partial charge is 0.444 e. The first-order valence-electron chi connectivity index (χ1n) is 6.97. The van der Waals surface area contributed by atoms with E-state index in [1.165, 1.54) is 0 Å². The lowest BCUT2D eigenvalue weighted by molar-refractivity contribution is 0.0206. The molecule has 0 saturated carbocycles. The summed E-state index contributed by atoms with van der Waals surface area (Å²) in [5, 5.41) is 2.04. The molecule has 1 aliphatic heterocycles. The van der Waals surface area contributed by atoms with Crippen LogP contribution >= 0.6 is 11.3 Å². The molecule has 1 aromatic heterocycles. The molecule has 0 spiro atoms. The Hall–Kier alpha value is -1.30. The summed E-state index contributed by atoms with van der Waals surface area (Å²) in [6, 6.07) is 0.304. The normalized spacial score (nSPS) is 18.4. The Kier molecular flexibility index (Phi) is 4.52. The minimum absolute atomic E-state index is 0.211. The molecule has 2 heterocycles. The van der Waals surface area contributed by atoms with Crippen LogP contribution in [0.4, 0.5) is 4.79 Å². The second-order valence-electron chi connectivity index (χ2n) is 6.12. The smallest absolute Gasteiger partial charge is 0.410 e. The van der Waals surface area contributed by atoms with Gasteiger partial charge in [-0.2, -0.15) is 0 Å². The molecule has 0 bridgehead atoms. The fourth-order valence-electron chi connectivity index (χ4n) is 2.11. The van der Waals surface area contributed by atoms with Crippen LogP contribution in [0.1, 0.15) is 33.6 Å². The molecule has 0 radical (unpaired) electrons. The van der Waals surface area contributed by atoms with E-state index in [1.54, 1.807) is 16.2 Å². The summed E-state index contributed by atoms with van der Waals surface area (Å²) >= 11 is 1.65. The van der Waals surface area contributed by atoms with Gasteiger partial charge in [-0.05, 0) is 33.6 Å². The molecule has 1 aliphatic rings. The van der Waals surface area contributed by atoms with Crippen LogP contribution in [0.15, 0.2) is 16.6 Å². The number of hydrogen-bond acceptors (Lipinski definition) is 4. The lowest BCUT2D eigenvalue weighted by Crippen LogP contribution is -2.42. The molecule has 1 saturated heterocycles. The van der Waals surface area contributed by atoms with Crippen molar-refractivity contribution in [2.24, 2.45) is 12.0 Å². The number of carbonyl (C=O) groups excluding carboxylic acids is 1. The van der Waals surface area contributed by atoms with E-state index < -0.39 is 5.60 Å². The van der Waals surface area contributed by atoms with Crippen molar-refractivity contribution in [2.75, 3.05) is 13.1 Å². The number of nitrogens with zero attached hydrogens (tertiary/aromatic N) is 3. The second-order valence-corrected chi connectivity index (χ2v) is 7.00. The maximum Gasteiger partial charge on any atom is 0.410 e. The molecule has 112 valence electrons. The van der Waals surface area contributed by atoms with Gasteiger partial charge in [-0.3, -0.25) is 4.99 Å². The number of aromatic nitrogens is 1. The van der Waals surface area contributed by atoms with E-state index in [9.17, 15) is 4.79 Å². The van der Waals surface area contributed by atoms with Crippen LogP contribution in [0.2, 0.25) is 0 Å².